The summed E-state index contributed by atoms with van der Waals surface area (Å²) in [5.41, 5.74) is 1.09. The smallest absolute Gasteiger partial charge is 0.258 e. The molecule has 76 valence electrons. The Balaban J connectivity index is 3.17. The van der Waals surface area contributed by atoms with Crippen LogP contribution in [0.15, 0.2) is 23.1 Å². The molecule has 3 nitrogen and oxygen atoms in total. The van der Waals surface area contributed by atoms with E-state index in [0.29, 0.717) is 6.42 Å². The Morgan fingerprint density at radius 3 is 2.64 bits per heavy atom. The van der Waals surface area contributed by atoms with Gasteiger partial charge in [0, 0.05) is 16.5 Å². The van der Waals surface area contributed by atoms with Gasteiger partial charge in [-0.15, -0.1) is 11.8 Å². The molecule has 1 aromatic carbocycles. The molecule has 4 heteroatoms. The summed E-state index contributed by atoms with van der Waals surface area (Å²) in [4.78, 5) is 11.5. The maximum Gasteiger partial charge on any atom is 0.273 e. The minimum absolute atomic E-state index is 0.242. The molecule has 0 atom stereocenters. The van der Waals surface area contributed by atoms with Gasteiger partial charge in [-0.1, -0.05) is 19.9 Å². The van der Waals surface area contributed by atoms with Crippen molar-refractivity contribution in [2.24, 2.45) is 0 Å². The summed E-state index contributed by atoms with van der Waals surface area (Å²) in [6, 6.07) is 5.26. The van der Waals surface area contributed by atoms with Gasteiger partial charge in [-0.3, -0.25) is 10.1 Å². The molecule has 0 fully saturated rings. The first-order valence-corrected chi connectivity index (χ1v) is 5.58. The molecule has 0 saturated carbocycles. The number of hydrogen-bond donors (Lipinski definition) is 0. The Bertz CT molecular complexity index is 339. The van der Waals surface area contributed by atoms with Crippen molar-refractivity contribution in [3.63, 3.8) is 0 Å². The maximum atomic E-state index is 10.7. The van der Waals surface area contributed by atoms with Crippen molar-refractivity contribution in [1.82, 2.24) is 0 Å². The zero-order valence-electron chi connectivity index (χ0n) is 8.32. The second kappa shape index (κ2) is 5.00. The molecule has 0 spiro atoms. The second-order valence-corrected chi connectivity index (χ2v) is 4.10. The van der Waals surface area contributed by atoms with Crippen molar-refractivity contribution in [2.45, 2.75) is 25.2 Å². The summed E-state index contributed by atoms with van der Waals surface area (Å²) < 4.78 is 0. The van der Waals surface area contributed by atoms with E-state index >= 15 is 0 Å². The third-order valence-corrected chi connectivity index (χ3v) is 2.94. The highest BCUT2D eigenvalue weighted by Gasteiger charge is 2.14. The molecule has 0 saturated heterocycles. The largest absolute Gasteiger partial charge is 0.273 e. The third kappa shape index (κ3) is 2.26. The van der Waals surface area contributed by atoms with Crippen LogP contribution in [0.4, 0.5) is 5.69 Å². The molecular formula is C10H13NO2S. The van der Waals surface area contributed by atoms with Gasteiger partial charge in [0.2, 0.25) is 0 Å². The van der Waals surface area contributed by atoms with E-state index in [2.05, 4.69) is 0 Å². The minimum Gasteiger partial charge on any atom is -0.258 e. The van der Waals surface area contributed by atoms with E-state index in [1.807, 2.05) is 19.9 Å². The van der Waals surface area contributed by atoms with Crippen molar-refractivity contribution in [3.8, 4) is 0 Å². The molecule has 0 N–H and O–H groups in total. The van der Waals surface area contributed by atoms with Crippen LogP contribution < -0.4 is 0 Å². The van der Waals surface area contributed by atoms with Crippen molar-refractivity contribution in [1.29, 1.82) is 0 Å². The molecule has 0 unspecified atom stereocenters. The monoisotopic (exact) mass is 211 g/mol. The highest BCUT2D eigenvalue weighted by Crippen LogP contribution is 2.29. The van der Waals surface area contributed by atoms with Crippen molar-refractivity contribution in [2.75, 3.05) is 5.75 Å². The fourth-order valence-corrected chi connectivity index (χ4v) is 2.28. The van der Waals surface area contributed by atoms with Gasteiger partial charge >= 0.3 is 0 Å². The van der Waals surface area contributed by atoms with Crippen LogP contribution in [0.2, 0.25) is 0 Å². The minimum atomic E-state index is -0.307. The summed E-state index contributed by atoms with van der Waals surface area (Å²) in [7, 11) is 0. The predicted molar refractivity (Wildman–Crippen MR) is 58.9 cm³/mol. The normalized spacial score (nSPS) is 10.1. The molecule has 0 aliphatic heterocycles. The molecule has 1 aromatic rings. The first-order valence-electron chi connectivity index (χ1n) is 4.59. The average molecular weight is 211 g/mol. The van der Waals surface area contributed by atoms with E-state index in [0.717, 1.165) is 16.2 Å². The molecule has 0 aliphatic rings. The number of nitro groups is 1. The summed E-state index contributed by atoms with van der Waals surface area (Å²) in [5.74, 6) is 0.939. The van der Waals surface area contributed by atoms with E-state index in [-0.39, 0.29) is 10.6 Å². The van der Waals surface area contributed by atoms with Gasteiger partial charge < -0.3 is 0 Å². The quantitative estimate of drug-likeness (QED) is 0.436. The number of rotatable bonds is 4. The first-order chi connectivity index (χ1) is 6.70. The molecule has 0 bridgehead atoms. The van der Waals surface area contributed by atoms with Crippen molar-refractivity contribution >= 4 is 17.4 Å². The lowest BCUT2D eigenvalue weighted by Gasteiger charge is -2.05. The lowest BCUT2D eigenvalue weighted by Crippen LogP contribution is -1.96. The Morgan fingerprint density at radius 2 is 2.14 bits per heavy atom. The van der Waals surface area contributed by atoms with Gasteiger partial charge in [-0.25, -0.2) is 0 Å². The standard InChI is InChI=1S/C10H13NO2S/c1-3-8-9(11(12)13)6-5-7-10(8)14-4-2/h5-7H,3-4H2,1-2H3. The molecule has 0 aromatic heterocycles. The second-order valence-electron chi connectivity index (χ2n) is 2.80. The van der Waals surface area contributed by atoms with E-state index in [4.69, 9.17) is 0 Å². The van der Waals surface area contributed by atoms with Crippen molar-refractivity contribution < 1.29 is 4.92 Å². The van der Waals surface area contributed by atoms with E-state index in [1.54, 1.807) is 23.9 Å². The van der Waals surface area contributed by atoms with Crippen LogP contribution in [0.25, 0.3) is 0 Å². The summed E-state index contributed by atoms with van der Waals surface area (Å²) in [5, 5.41) is 10.7. The van der Waals surface area contributed by atoms with Crippen LogP contribution in [-0.2, 0) is 6.42 Å². The lowest BCUT2D eigenvalue weighted by atomic mass is 10.1. The van der Waals surface area contributed by atoms with Crippen molar-refractivity contribution in [3.05, 3.63) is 33.9 Å². The van der Waals surface area contributed by atoms with Crippen LogP contribution >= 0.6 is 11.8 Å². The summed E-state index contributed by atoms with van der Waals surface area (Å²) in [6.45, 7) is 3.99. The SMILES string of the molecule is CCSc1cccc([N+](=O)[O-])c1CC. The fraction of sp³-hybridized carbons (Fsp3) is 0.400. The van der Waals surface area contributed by atoms with Crippen LogP contribution in [0.5, 0.6) is 0 Å². The third-order valence-electron chi connectivity index (χ3n) is 1.96. The molecule has 0 aliphatic carbocycles. The molecule has 0 heterocycles. The topological polar surface area (TPSA) is 43.1 Å². The highest BCUT2D eigenvalue weighted by molar-refractivity contribution is 7.99. The van der Waals surface area contributed by atoms with Gasteiger partial charge in [0.1, 0.15) is 0 Å². The fourth-order valence-electron chi connectivity index (χ4n) is 1.37. The number of hydrogen-bond acceptors (Lipinski definition) is 3. The van der Waals surface area contributed by atoms with Gasteiger partial charge in [0.15, 0.2) is 0 Å². The predicted octanol–water partition coefficient (Wildman–Crippen LogP) is 3.27. The Hall–Kier alpha value is -1.03. The first kappa shape index (κ1) is 11.0. The summed E-state index contributed by atoms with van der Waals surface area (Å²) in [6.07, 6.45) is 0.708. The average Bonchev–Trinajstić information content (AvgIpc) is 2.18. The van der Waals surface area contributed by atoms with Crippen LogP contribution in [0, 0.1) is 10.1 Å². The maximum absolute atomic E-state index is 10.7. The van der Waals surface area contributed by atoms with Crippen LogP contribution in [0.1, 0.15) is 19.4 Å². The lowest BCUT2D eigenvalue weighted by molar-refractivity contribution is -0.385. The van der Waals surface area contributed by atoms with E-state index in [9.17, 15) is 10.1 Å². The number of nitrogens with zero attached hydrogens (tertiary/aromatic N) is 1. The molecule has 0 amide bonds. The Morgan fingerprint density at radius 1 is 1.43 bits per heavy atom. The van der Waals surface area contributed by atoms with Crippen LogP contribution in [-0.4, -0.2) is 10.7 Å². The zero-order chi connectivity index (χ0) is 10.6. The zero-order valence-corrected chi connectivity index (χ0v) is 9.13. The molecule has 0 radical (unpaired) electrons. The van der Waals surface area contributed by atoms with Gasteiger partial charge in [0.05, 0.1) is 4.92 Å². The Labute approximate surface area is 87.7 Å². The Kier molecular flexibility index (Phi) is 3.95. The number of nitro benzene ring substituents is 1. The van der Waals surface area contributed by atoms with Gasteiger partial charge in [-0.05, 0) is 18.2 Å². The van der Waals surface area contributed by atoms with Gasteiger partial charge in [0.25, 0.3) is 5.69 Å². The van der Waals surface area contributed by atoms with Gasteiger partial charge in [-0.2, -0.15) is 0 Å². The van der Waals surface area contributed by atoms with Crippen LogP contribution in [0.3, 0.4) is 0 Å². The molecule has 1 rings (SSSR count). The van der Waals surface area contributed by atoms with E-state index in [1.165, 1.54) is 0 Å². The number of benzene rings is 1. The molecular weight excluding hydrogens is 198 g/mol. The number of thioether (sulfide) groups is 1. The molecule has 14 heavy (non-hydrogen) atoms. The van der Waals surface area contributed by atoms with E-state index < -0.39 is 0 Å². The summed E-state index contributed by atoms with van der Waals surface area (Å²) >= 11 is 1.65. The highest BCUT2D eigenvalue weighted by atomic mass is 32.2.